The summed E-state index contributed by atoms with van der Waals surface area (Å²) >= 11 is 1.72. The summed E-state index contributed by atoms with van der Waals surface area (Å²) in [5.74, 6) is 12.2. The maximum atomic E-state index is 10.4. The monoisotopic (exact) mass is 669 g/mol. The van der Waals surface area contributed by atoms with Crippen molar-refractivity contribution in [1.29, 1.82) is 0 Å². The lowest BCUT2D eigenvalue weighted by Gasteiger charge is -2.40. The second kappa shape index (κ2) is 15.3. The predicted molar refractivity (Wildman–Crippen MR) is 175 cm³/mol. The molecule has 254 valence electrons. The van der Waals surface area contributed by atoms with Gasteiger partial charge in [-0.05, 0) is 72.5 Å². The maximum Gasteiger partial charge on any atom is 0.147 e. The van der Waals surface area contributed by atoms with Crippen LogP contribution in [0.25, 0.3) is 11.1 Å². The van der Waals surface area contributed by atoms with Crippen molar-refractivity contribution in [2.45, 2.75) is 80.1 Å². The summed E-state index contributed by atoms with van der Waals surface area (Å²) in [6.07, 6.45) is -7.37. The average molecular weight is 670 g/mol. The van der Waals surface area contributed by atoms with E-state index in [9.17, 15) is 35.7 Å². The summed E-state index contributed by atoms with van der Waals surface area (Å²) < 4.78 is 13.6. The van der Waals surface area contributed by atoms with Crippen molar-refractivity contribution in [3.8, 4) is 34.8 Å². The number of rotatable bonds is 8. The fraction of sp³-hybridized carbons (Fsp3) is 0.543. The Morgan fingerprint density at radius 1 is 0.915 bits per heavy atom. The van der Waals surface area contributed by atoms with Crippen LogP contribution < -0.4 is 0 Å². The van der Waals surface area contributed by atoms with Crippen LogP contribution in [0.15, 0.2) is 36.4 Å². The van der Waals surface area contributed by atoms with E-state index in [1.807, 2.05) is 18.2 Å². The smallest absolute Gasteiger partial charge is 0.147 e. The molecule has 11 nitrogen and oxygen atoms in total. The Hall–Kier alpha value is -2.53. The Kier molecular flexibility index (Phi) is 11.7. The molecule has 0 radical (unpaired) electrons. The van der Waals surface area contributed by atoms with Gasteiger partial charge >= 0.3 is 0 Å². The van der Waals surface area contributed by atoms with Gasteiger partial charge < -0.3 is 50.3 Å². The summed E-state index contributed by atoms with van der Waals surface area (Å²) in [6, 6.07) is 12.1. The second-order valence-electron chi connectivity index (χ2n) is 12.2. The molecule has 2 aromatic carbocycles. The lowest BCUT2D eigenvalue weighted by atomic mass is 9.71. The van der Waals surface area contributed by atoms with Crippen LogP contribution in [-0.4, -0.2) is 139 Å². The zero-order valence-corrected chi connectivity index (χ0v) is 27.2. The van der Waals surface area contributed by atoms with E-state index in [1.54, 1.807) is 18.9 Å². The number of nitrogens with zero attached hydrogens (tertiary/aromatic N) is 1. The number of hydrogen-bond donors (Lipinski definition) is 8. The molecule has 5 rings (SSSR count). The Bertz CT molecular complexity index is 1520. The molecule has 0 amide bonds. The van der Waals surface area contributed by atoms with Crippen molar-refractivity contribution in [1.82, 2.24) is 4.31 Å². The van der Waals surface area contributed by atoms with Crippen molar-refractivity contribution in [3.63, 3.8) is 0 Å². The second-order valence-corrected chi connectivity index (χ2v) is 13.1. The molecule has 6 unspecified atom stereocenters. The summed E-state index contributed by atoms with van der Waals surface area (Å²) in [5.41, 5.74) is 5.73. The first-order valence-electron chi connectivity index (χ1n) is 15.7. The van der Waals surface area contributed by atoms with Gasteiger partial charge in [-0.3, -0.25) is 4.31 Å². The first-order chi connectivity index (χ1) is 22.6. The number of aliphatic hydroxyl groups excluding tert-OH is 8. The van der Waals surface area contributed by atoms with Gasteiger partial charge in [0.15, 0.2) is 0 Å². The number of ether oxygens (including phenoxy) is 2. The van der Waals surface area contributed by atoms with Crippen LogP contribution in [0.2, 0.25) is 0 Å². The lowest BCUT2D eigenvalue weighted by molar-refractivity contribution is -0.214. The Labute approximate surface area is 278 Å². The van der Waals surface area contributed by atoms with E-state index in [0.717, 1.165) is 48.2 Å². The maximum absolute atomic E-state index is 10.4. The van der Waals surface area contributed by atoms with E-state index in [4.69, 9.17) is 14.6 Å². The van der Waals surface area contributed by atoms with Crippen molar-refractivity contribution in [3.05, 3.63) is 58.7 Å². The van der Waals surface area contributed by atoms with Gasteiger partial charge in [0.2, 0.25) is 0 Å². The number of benzene rings is 2. The molecular weight excluding hydrogens is 626 g/mol. The largest absolute Gasteiger partial charge is 0.394 e. The van der Waals surface area contributed by atoms with Crippen molar-refractivity contribution >= 4 is 11.9 Å². The summed E-state index contributed by atoms with van der Waals surface area (Å²) in [5, 5.41) is 78.9. The third kappa shape index (κ3) is 7.26. The number of hydrogen-bond acceptors (Lipinski definition) is 12. The Balaban J connectivity index is 1.43. The summed E-state index contributed by atoms with van der Waals surface area (Å²) in [7, 11) is 0. The molecule has 2 saturated heterocycles. The Morgan fingerprint density at radius 2 is 1.53 bits per heavy atom. The number of piperidine rings is 1. The van der Waals surface area contributed by atoms with Gasteiger partial charge in [0.1, 0.15) is 54.9 Å². The third-order valence-electron chi connectivity index (χ3n) is 9.39. The topological polar surface area (TPSA) is 184 Å². The van der Waals surface area contributed by atoms with Crippen LogP contribution in [0, 0.1) is 23.7 Å². The standard InChI is InChI=1S/C35H43NO10S/c1-20(45-29(18-38)31(41)27(40)17-37)3-4-21-5-8-23-24-9-6-22(7-10-28-32(42)34(44)33(43)30(19-39)46-28)16-26(24)35(25(23)15-21)11-13-36(47-2)14-12-35/h5-6,8-9,15-16,20,27-34,37-44H,11-14,17-19H2,1-2H3/t20?,27?,28?,29?,30?,31-,32+,33+,34?/m0/s1. The molecule has 0 aromatic heterocycles. The van der Waals surface area contributed by atoms with Crippen molar-refractivity contribution in [2.75, 3.05) is 39.2 Å². The molecule has 12 heteroatoms. The highest BCUT2D eigenvalue weighted by Gasteiger charge is 2.46. The zero-order chi connectivity index (χ0) is 33.9. The van der Waals surface area contributed by atoms with E-state index in [1.165, 1.54) is 5.56 Å². The molecule has 2 aliphatic heterocycles. The van der Waals surface area contributed by atoms with Crippen LogP contribution in [0.5, 0.6) is 0 Å². The third-order valence-corrected chi connectivity index (χ3v) is 10.3. The summed E-state index contributed by atoms with van der Waals surface area (Å²) in [4.78, 5) is 0. The number of fused-ring (bicyclic) bond motifs is 5. The number of aliphatic hydroxyl groups is 8. The van der Waals surface area contributed by atoms with E-state index in [-0.39, 0.29) is 5.41 Å². The molecule has 1 aliphatic carbocycles. The van der Waals surface area contributed by atoms with Crippen LogP contribution in [0.4, 0.5) is 0 Å². The minimum absolute atomic E-state index is 0.288. The van der Waals surface area contributed by atoms with Gasteiger partial charge in [0.25, 0.3) is 0 Å². The molecular formula is C35H43NO10S. The first kappa shape index (κ1) is 35.8. The highest BCUT2D eigenvalue weighted by Crippen LogP contribution is 2.54. The molecule has 8 N–H and O–H groups in total. The van der Waals surface area contributed by atoms with E-state index < -0.39 is 74.8 Å². The van der Waals surface area contributed by atoms with Crippen molar-refractivity contribution < 1.29 is 50.3 Å². The highest BCUT2D eigenvalue weighted by molar-refractivity contribution is 7.96. The molecule has 1 spiro atoms. The Morgan fingerprint density at radius 3 is 2.09 bits per heavy atom. The average Bonchev–Trinajstić information content (AvgIpc) is 3.35. The van der Waals surface area contributed by atoms with Gasteiger partial charge in [-0.2, -0.15) is 0 Å². The van der Waals surface area contributed by atoms with Crippen molar-refractivity contribution in [2.24, 2.45) is 0 Å². The predicted octanol–water partition coefficient (Wildman–Crippen LogP) is -0.648. The first-order valence-corrected chi connectivity index (χ1v) is 16.9. The van der Waals surface area contributed by atoms with E-state index >= 15 is 0 Å². The SMILES string of the molecule is CSN1CCC2(CC1)c1cc(C#CC(C)OC(CO)[C@@H](O)C(O)CO)ccc1-c1ccc(C#CC3OC(CO)[C@@H](O)C(O)[C@@H]3O)cc12. The zero-order valence-electron chi connectivity index (χ0n) is 26.4. The minimum Gasteiger partial charge on any atom is -0.394 e. The van der Waals surface area contributed by atoms with Crippen LogP contribution in [0.1, 0.15) is 42.0 Å². The summed E-state index contributed by atoms with van der Waals surface area (Å²) in [6.45, 7) is 1.71. The van der Waals surface area contributed by atoms with E-state index in [2.05, 4.69) is 52.4 Å². The van der Waals surface area contributed by atoms with Gasteiger partial charge in [-0.1, -0.05) is 47.8 Å². The minimum atomic E-state index is -1.49. The molecule has 2 fully saturated rings. The molecule has 9 atom stereocenters. The quantitative estimate of drug-likeness (QED) is 0.132. The lowest BCUT2D eigenvalue weighted by Crippen LogP contribution is -2.58. The normalized spacial score (nSPS) is 27.4. The van der Waals surface area contributed by atoms with Crippen LogP contribution >= 0.6 is 11.9 Å². The van der Waals surface area contributed by atoms with Crippen LogP contribution in [-0.2, 0) is 14.9 Å². The molecule has 3 aliphatic rings. The highest BCUT2D eigenvalue weighted by atomic mass is 32.2. The van der Waals surface area contributed by atoms with Gasteiger partial charge in [-0.15, -0.1) is 0 Å². The fourth-order valence-electron chi connectivity index (χ4n) is 6.68. The van der Waals surface area contributed by atoms with Gasteiger partial charge in [0, 0.05) is 29.6 Å². The van der Waals surface area contributed by atoms with Gasteiger partial charge in [-0.25, -0.2) is 0 Å². The molecule has 2 heterocycles. The fourth-order valence-corrected chi connectivity index (χ4v) is 7.23. The van der Waals surface area contributed by atoms with Crippen LogP contribution in [0.3, 0.4) is 0 Å². The molecule has 0 bridgehead atoms. The van der Waals surface area contributed by atoms with E-state index in [0.29, 0.717) is 5.56 Å². The van der Waals surface area contributed by atoms with Gasteiger partial charge in [0.05, 0.1) is 19.8 Å². The molecule has 0 saturated carbocycles. The molecule has 2 aromatic rings. The molecule has 47 heavy (non-hydrogen) atoms.